The molecule has 1 amide bonds. The number of anilines is 2. The van der Waals surface area contributed by atoms with Crippen molar-refractivity contribution in [2.75, 3.05) is 31.2 Å². The van der Waals surface area contributed by atoms with Crippen LogP contribution in [0, 0.1) is 0 Å². The minimum Gasteiger partial charge on any atom is -0.491 e. The number of nitrogen functional groups attached to an aromatic ring is 2. The Morgan fingerprint density at radius 3 is 2.73 bits per heavy atom. The summed E-state index contributed by atoms with van der Waals surface area (Å²) in [6, 6.07) is 7.36. The van der Waals surface area contributed by atoms with Gasteiger partial charge in [0.2, 0.25) is 0 Å². The number of rotatable bonds is 9. The van der Waals surface area contributed by atoms with Gasteiger partial charge in [0.15, 0.2) is 28.4 Å². The van der Waals surface area contributed by atoms with Gasteiger partial charge in [0, 0.05) is 0 Å². The number of halogens is 1. The molecule has 0 fully saturated rings. The summed E-state index contributed by atoms with van der Waals surface area (Å²) in [5, 5.41) is 23.8. The first-order valence-electron chi connectivity index (χ1n) is 10.2. The largest absolute Gasteiger partial charge is 0.491 e. The molecule has 8 N–H and O–H groups in total. The number of carbonyl (C=O) groups is 1. The summed E-state index contributed by atoms with van der Waals surface area (Å²) in [7, 11) is 0. The Morgan fingerprint density at radius 1 is 1.30 bits per heavy atom. The van der Waals surface area contributed by atoms with E-state index in [0.29, 0.717) is 18.7 Å². The fraction of sp³-hybridized carbons (Fsp3) is 0.333. The summed E-state index contributed by atoms with van der Waals surface area (Å²) in [5.41, 5.74) is 13.1. The van der Waals surface area contributed by atoms with Crippen molar-refractivity contribution in [1.82, 2.24) is 20.6 Å². The van der Waals surface area contributed by atoms with E-state index in [-0.39, 0.29) is 47.7 Å². The Morgan fingerprint density at radius 2 is 2.03 bits per heavy atom. The Bertz CT molecular complexity index is 1050. The SMILES string of the molecule is C=C(CCc1ccc(OC[C@H](O)CO)cc1)[C@@H]1CN=C(NC(=O)c2nc(Cl)c(N)nc2N)N1. The minimum atomic E-state index is -0.904. The van der Waals surface area contributed by atoms with E-state index in [2.05, 4.69) is 32.2 Å². The van der Waals surface area contributed by atoms with Crippen LogP contribution in [0.25, 0.3) is 0 Å². The Labute approximate surface area is 195 Å². The number of nitrogens with two attached hydrogens (primary N) is 2. The normalized spacial score (nSPS) is 16.0. The van der Waals surface area contributed by atoms with Crippen LogP contribution in [0.3, 0.4) is 0 Å². The maximum Gasteiger partial charge on any atom is 0.280 e. The van der Waals surface area contributed by atoms with Gasteiger partial charge in [-0.15, -0.1) is 0 Å². The number of amides is 1. The predicted molar refractivity (Wildman–Crippen MR) is 125 cm³/mol. The number of hydrogen-bond donors (Lipinski definition) is 6. The number of carbonyl (C=O) groups excluding carboxylic acids is 1. The molecule has 2 atom stereocenters. The van der Waals surface area contributed by atoms with Crippen LogP contribution in [-0.4, -0.2) is 64.0 Å². The molecule has 12 heteroatoms. The molecular weight excluding hydrogens is 450 g/mol. The van der Waals surface area contributed by atoms with Crippen LogP contribution in [0.1, 0.15) is 22.5 Å². The number of ether oxygens (including phenoxy) is 1. The van der Waals surface area contributed by atoms with Crippen LogP contribution < -0.4 is 26.8 Å². The van der Waals surface area contributed by atoms with E-state index in [1.807, 2.05) is 24.3 Å². The monoisotopic (exact) mass is 475 g/mol. The molecule has 1 aliphatic rings. The maximum absolute atomic E-state index is 12.4. The number of aryl methyl sites for hydroxylation is 1. The molecule has 1 aromatic carbocycles. The zero-order valence-electron chi connectivity index (χ0n) is 17.8. The number of nitrogens with zero attached hydrogens (tertiary/aromatic N) is 3. The van der Waals surface area contributed by atoms with E-state index in [0.717, 1.165) is 17.6 Å². The Kier molecular flexibility index (Phi) is 8.04. The average molecular weight is 476 g/mol. The first-order valence-corrected chi connectivity index (χ1v) is 10.5. The standard InChI is InChI=1S/C21H26ClN7O4/c1-11(2-3-12-4-6-14(7-5-12)33-10-13(31)9-30)15-8-25-21(26-15)29-20(32)16-18(23)28-19(24)17(22)27-16/h4-7,13,15,30-31H,1-3,8-10H2,(H4,23,24,28)(H2,25,26,29,32)/t13-,15+/m1/s1. The summed E-state index contributed by atoms with van der Waals surface area (Å²) in [6.45, 7) is 4.25. The first-order chi connectivity index (χ1) is 15.8. The molecule has 0 bridgehead atoms. The highest BCUT2D eigenvalue weighted by Gasteiger charge is 2.23. The fourth-order valence-corrected chi connectivity index (χ4v) is 3.12. The van der Waals surface area contributed by atoms with Crippen LogP contribution in [0.2, 0.25) is 5.15 Å². The molecule has 0 saturated heterocycles. The molecule has 2 heterocycles. The highest BCUT2D eigenvalue weighted by molar-refractivity contribution is 6.31. The van der Waals surface area contributed by atoms with E-state index >= 15 is 0 Å². The van der Waals surface area contributed by atoms with Crippen LogP contribution >= 0.6 is 11.6 Å². The van der Waals surface area contributed by atoms with E-state index in [1.54, 1.807) is 0 Å². The van der Waals surface area contributed by atoms with Crippen LogP contribution in [-0.2, 0) is 6.42 Å². The lowest BCUT2D eigenvalue weighted by atomic mass is 10.0. The van der Waals surface area contributed by atoms with Crippen molar-refractivity contribution in [1.29, 1.82) is 0 Å². The Balaban J connectivity index is 1.45. The number of hydrogen-bond acceptors (Lipinski definition) is 10. The number of benzene rings is 1. The fourth-order valence-electron chi connectivity index (χ4n) is 3.00. The van der Waals surface area contributed by atoms with E-state index in [1.165, 1.54) is 0 Å². The van der Waals surface area contributed by atoms with E-state index in [4.69, 9.17) is 32.9 Å². The number of guanidine groups is 1. The summed E-state index contributed by atoms with van der Waals surface area (Å²) in [4.78, 5) is 24.4. The molecule has 0 saturated carbocycles. The minimum absolute atomic E-state index is 0.0312. The molecule has 0 spiro atoms. The van der Waals surface area contributed by atoms with Gasteiger partial charge in [-0.2, -0.15) is 0 Å². The first kappa shape index (κ1) is 24.2. The van der Waals surface area contributed by atoms with Crippen LogP contribution in [0.15, 0.2) is 41.4 Å². The molecule has 0 aliphatic carbocycles. The predicted octanol–water partition coefficient (Wildman–Crippen LogP) is 0.273. The highest BCUT2D eigenvalue weighted by Crippen LogP contribution is 2.19. The van der Waals surface area contributed by atoms with Crippen molar-refractivity contribution < 1.29 is 19.7 Å². The zero-order valence-corrected chi connectivity index (χ0v) is 18.5. The number of aliphatic hydroxyl groups excluding tert-OH is 2. The lowest BCUT2D eigenvalue weighted by Crippen LogP contribution is -2.43. The molecule has 2 aromatic rings. The quantitative estimate of drug-likeness (QED) is 0.277. The molecule has 3 rings (SSSR count). The number of aliphatic imine (C=N–C) groups is 1. The molecule has 0 unspecified atom stereocenters. The second-order valence-electron chi connectivity index (χ2n) is 7.42. The average Bonchev–Trinajstić information content (AvgIpc) is 3.27. The zero-order chi connectivity index (χ0) is 24.0. The lowest BCUT2D eigenvalue weighted by molar-refractivity contribution is 0.0536. The smallest absolute Gasteiger partial charge is 0.280 e. The van der Waals surface area contributed by atoms with Crippen molar-refractivity contribution in [2.24, 2.45) is 4.99 Å². The van der Waals surface area contributed by atoms with Gasteiger partial charge in [0.05, 0.1) is 19.2 Å². The van der Waals surface area contributed by atoms with Gasteiger partial charge < -0.3 is 31.7 Å². The second kappa shape index (κ2) is 10.9. The van der Waals surface area contributed by atoms with Gasteiger partial charge >= 0.3 is 0 Å². The summed E-state index contributed by atoms with van der Waals surface area (Å²) in [5.74, 6) is 0.111. The van der Waals surface area contributed by atoms with Gasteiger partial charge in [-0.05, 0) is 30.5 Å². The third-order valence-corrected chi connectivity index (χ3v) is 5.18. The molecule has 176 valence electrons. The van der Waals surface area contributed by atoms with Crippen molar-refractivity contribution in [3.63, 3.8) is 0 Å². The number of aliphatic hydroxyl groups is 2. The van der Waals surface area contributed by atoms with Crippen molar-refractivity contribution in [3.05, 3.63) is 52.8 Å². The summed E-state index contributed by atoms with van der Waals surface area (Å²) >= 11 is 5.82. The molecule has 0 radical (unpaired) electrons. The van der Waals surface area contributed by atoms with E-state index in [9.17, 15) is 9.90 Å². The molecule has 11 nitrogen and oxygen atoms in total. The second-order valence-corrected chi connectivity index (χ2v) is 7.78. The van der Waals surface area contributed by atoms with Gasteiger partial charge in [-0.3, -0.25) is 15.1 Å². The van der Waals surface area contributed by atoms with E-state index < -0.39 is 12.0 Å². The number of nitrogens with one attached hydrogen (secondary N) is 2. The van der Waals surface area contributed by atoms with Crippen molar-refractivity contribution in [2.45, 2.75) is 25.0 Å². The van der Waals surface area contributed by atoms with Gasteiger partial charge in [0.25, 0.3) is 5.91 Å². The van der Waals surface area contributed by atoms with Gasteiger partial charge in [0.1, 0.15) is 18.5 Å². The highest BCUT2D eigenvalue weighted by atomic mass is 35.5. The summed E-state index contributed by atoms with van der Waals surface area (Å²) in [6.07, 6.45) is 0.566. The van der Waals surface area contributed by atoms with Crippen molar-refractivity contribution in [3.8, 4) is 5.75 Å². The third kappa shape index (κ3) is 6.54. The third-order valence-electron chi connectivity index (χ3n) is 4.90. The molecule has 33 heavy (non-hydrogen) atoms. The van der Waals surface area contributed by atoms with Crippen LogP contribution in [0.5, 0.6) is 5.75 Å². The molecule has 1 aliphatic heterocycles. The molecule has 1 aromatic heterocycles. The maximum atomic E-state index is 12.4. The lowest BCUT2D eigenvalue weighted by Gasteiger charge is -2.15. The molecular formula is C21H26ClN7O4. The van der Waals surface area contributed by atoms with Gasteiger partial charge in [-0.1, -0.05) is 35.9 Å². The topological polar surface area (TPSA) is 181 Å². The summed E-state index contributed by atoms with van der Waals surface area (Å²) < 4.78 is 5.40. The van der Waals surface area contributed by atoms with Crippen LogP contribution in [0.4, 0.5) is 11.6 Å². The number of aromatic nitrogens is 2. The van der Waals surface area contributed by atoms with Crippen molar-refractivity contribution >= 4 is 35.1 Å². The Hall–Kier alpha value is -3.41. The van der Waals surface area contributed by atoms with Gasteiger partial charge in [-0.25, -0.2) is 9.97 Å².